The van der Waals surface area contributed by atoms with E-state index in [1.54, 1.807) is 20.0 Å². The zero-order valence-corrected chi connectivity index (χ0v) is 22.8. The highest BCUT2D eigenvalue weighted by molar-refractivity contribution is 5.95. The second kappa shape index (κ2) is 14.3. The standard InChI is InChI=1S/C27H40N6O6/c1-14(2)11-20(31-24(35)18(28)9-10-22(29)34)25(36)32-21(26(37)33-23(15(3)4)27(38)39)12-16-13-30-19-8-6-5-7-17(16)19/h5-8,13-15,18,20-21,23,30H,9-12,28H2,1-4H3,(H2,29,34)(H,31,35)(H,32,36)(H,33,37)(H,38,39)/t18-,20-,21-,23-/m0/s1. The summed E-state index contributed by atoms with van der Waals surface area (Å²) >= 11 is 0. The lowest BCUT2D eigenvalue weighted by atomic mass is 9.99. The zero-order valence-electron chi connectivity index (χ0n) is 22.8. The molecule has 1 heterocycles. The van der Waals surface area contributed by atoms with Gasteiger partial charge >= 0.3 is 5.97 Å². The molecule has 39 heavy (non-hydrogen) atoms. The van der Waals surface area contributed by atoms with E-state index in [2.05, 4.69) is 20.9 Å². The van der Waals surface area contributed by atoms with E-state index in [1.807, 2.05) is 38.1 Å². The average molecular weight is 545 g/mol. The van der Waals surface area contributed by atoms with Gasteiger partial charge in [0.15, 0.2) is 0 Å². The maximum absolute atomic E-state index is 13.4. The topological polar surface area (TPSA) is 209 Å². The maximum Gasteiger partial charge on any atom is 0.326 e. The molecule has 0 spiro atoms. The molecule has 4 amide bonds. The summed E-state index contributed by atoms with van der Waals surface area (Å²) in [7, 11) is 0. The number of nitrogens with two attached hydrogens (primary N) is 2. The van der Waals surface area contributed by atoms with Crippen LogP contribution in [0.2, 0.25) is 0 Å². The van der Waals surface area contributed by atoms with Gasteiger partial charge in [-0.15, -0.1) is 0 Å². The number of carbonyl (C=O) groups is 5. The van der Waals surface area contributed by atoms with Crippen LogP contribution in [0.25, 0.3) is 10.9 Å². The van der Waals surface area contributed by atoms with Crippen molar-refractivity contribution >= 4 is 40.5 Å². The predicted octanol–water partition coefficient (Wildman–Crippen LogP) is 0.544. The summed E-state index contributed by atoms with van der Waals surface area (Å²) in [5.74, 6) is -4.09. The summed E-state index contributed by atoms with van der Waals surface area (Å²) in [6.07, 6.45) is 2.01. The molecule has 0 saturated carbocycles. The van der Waals surface area contributed by atoms with Crippen molar-refractivity contribution < 1.29 is 29.1 Å². The third-order valence-electron chi connectivity index (χ3n) is 6.34. The van der Waals surface area contributed by atoms with Crippen molar-refractivity contribution in [3.05, 3.63) is 36.0 Å². The first-order chi connectivity index (χ1) is 18.3. The fourth-order valence-electron chi connectivity index (χ4n) is 4.18. The van der Waals surface area contributed by atoms with Gasteiger partial charge in [0.2, 0.25) is 23.6 Å². The quantitative estimate of drug-likeness (QED) is 0.169. The number of carbonyl (C=O) groups excluding carboxylic acids is 4. The maximum atomic E-state index is 13.4. The Morgan fingerprint density at radius 2 is 1.54 bits per heavy atom. The molecule has 0 unspecified atom stereocenters. The number of rotatable bonds is 15. The number of para-hydroxylation sites is 1. The number of carboxylic acid groups (broad SMARTS) is 1. The van der Waals surface area contributed by atoms with Crippen LogP contribution in [-0.4, -0.2) is 63.9 Å². The highest BCUT2D eigenvalue weighted by Crippen LogP contribution is 2.20. The van der Waals surface area contributed by atoms with Crippen LogP contribution in [0.1, 0.15) is 52.5 Å². The Morgan fingerprint density at radius 3 is 2.13 bits per heavy atom. The number of benzene rings is 1. The SMILES string of the molecule is CC(C)C[C@H](NC(=O)[C@@H](N)CCC(N)=O)C(=O)N[C@@H](Cc1c[nH]c2ccccc12)C(=O)N[C@H](C(=O)O)C(C)C. The van der Waals surface area contributed by atoms with E-state index >= 15 is 0 Å². The summed E-state index contributed by atoms with van der Waals surface area (Å²) in [5.41, 5.74) is 12.6. The van der Waals surface area contributed by atoms with Gasteiger partial charge in [-0.3, -0.25) is 19.2 Å². The third-order valence-corrected chi connectivity index (χ3v) is 6.34. The summed E-state index contributed by atoms with van der Waals surface area (Å²) < 4.78 is 0. The van der Waals surface area contributed by atoms with E-state index in [1.165, 1.54) is 0 Å². The fourth-order valence-corrected chi connectivity index (χ4v) is 4.18. The van der Waals surface area contributed by atoms with Crippen LogP contribution in [0.4, 0.5) is 0 Å². The largest absolute Gasteiger partial charge is 0.480 e. The Kier molecular flexibility index (Phi) is 11.5. The third kappa shape index (κ3) is 9.40. The molecule has 4 atom stereocenters. The first-order valence-electron chi connectivity index (χ1n) is 13.0. The molecular weight excluding hydrogens is 504 g/mol. The van der Waals surface area contributed by atoms with Crippen molar-refractivity contribution in [2.75, 3.05) is 0 Å². The second-order valence-electron chi connectivity index (χ2n) is 10.5. The van der Waals surface area contributed by atoms with Gasteiger partial charge in [-0.25, -0.2) is 4.79 Å². The molecule has 0 bridgehead atoms. The van der Waals surface area contributed by atoms with E-state index in [0.29, 0.717) is 0 Å². The molecule has 214 valence electrons. The number of primary amides is 1. The number of aliphatic carboxylic acids is 1. The smallest absolute Gasteiger partial charge is 0.326 e. The Labute approximate surface area is 227 Å². The van der Waals surface area contributed by atoms with Crippen LogP contribution in [0.5, 0.6) is 0 Å². The molecule has 2 aromatic rings. The van der Waals surface area contributed by atoms with Crippen molar-refractivity contribution in [2.45, 2.75) is 77.5 Å². The number of hydrogen-bond acceptors (Lipinski definition) is 6. The molecule has 0 saturated heterocycles. The number of aromatic nitrogens is 1. The Bertz CT molecular complexity index is 1180. The van der Waals surface area contributed by atoms with Gasteiger partial charge in [0.05, 0.1) is 6.04 Å². The molecule has 9 N–H and O–H groups in total. The highest BCUT2D eigenvalue weighted by Gasteiger charge is 2.32. The van der Waals surface area contributed by atoms with Crippen LogP contribution < -0.4 is 27.4 Å². The number of nitrogens with one attached hydrogen (secondary N) is 4. The van der Waals surface area contributed by atoms with E-state index in [-0.39, 0.29) is 31.6 Å². The number of aromatic amines is 1. The van der Waals surface area contributed by atoms with Crippen molar-refractivity contribution in [1.82, 2.24) is 20.9 Å². The van der Waals surface area contributed by atoms with Gasteiger partial charge in [0.1, 0.15) is 18.1 Å². The minimum atomic E-state index is -1.19. The molecule has 0 aliphatic rings. The van der Waals surface area contributed by atoms with Crippen LogP contribution in [0, 0.1) is 11.8 Å². The predicted molar refractivity (Wildman–Crippen MR) is 146 cm³/mol. The van der Waals surface area contributed by atoms with E-state index in [4.69, 9.17) is 11.5 Å². The highest BCUT2D eigenvalue weighted by atomic mass is 16.4. The van der Waals surface area contributed by atoms with Crippen molar-refractivity contribution in [3.8, 4) is 0 Å². The second-order valence-corrected chi connectivity index (χ2v) is 10.5. The number of carboxylic acids is 1. The lowest BCUT2D eigenvalue weighted by Gasteiger charge is -2.26. The Hall–Kier alpha value is -3.93. The lowest BCUT2D eigenvalue weighted by Crippen LogP contribution is -2.58. The Morgan fingerprint density at radius 1 is 0.923 bits per heavy atom. The van der Waals surface area contributed by atoms with Gasteiger partial charge in [0, 0.05) is 29.9 Å². The molecule has 0 fully saturated rings. The molecule has 0 radical (unpaired) electrons. The zero-order chi connectivity index (χ0) is 29.3. The summed E-state index contributed by atoms with van der Waals surface area (Å²) in [6, 6.07) is 3.11. The number of hydrogen-bond donors (Lipinski definition) is 7. The van der Waals surface area contributed by atoms with Gasteiger partial charge in [-0.05, 0) is 36.3 Å². The van der Waals surface area contributed by atoms with E-state index in [9.17, 15) is 29.1 Å². The molecule has 2 rings (SSSR count). The lowest BCUT2D eigenvalue weighted by molar-refractivity contribution is -0.143. The van der Waals surface area contributed by atoms with Crippen molar-refractivity contribution in [3.63, 3.8) is 0 Å². The minimum absolute atomic E-state index is 0.00104. The van der Waals surface area contributed by atoms with Crippen LogP contribution in [0.3, 0.4) is 0 Å². The molecule has 1 aromatic heterocycles. The van der Waals surface area contributed by atoms with Gasteiger partial charge in [0.25, 0.3) is 0 Å². The molecule has 12 nitrogen and oxygen atoms in total. The Balaban J connectivity index is 2.30. The molecular formula is C27H40N6O6. The van der Waals surface area contributed by atoms with Gasteiger partial charge < -0.3 is 37.5 Å². The monoisotopic (exact) mass is 544 g/mol. The first-order valence-corrected chi connectivity index (χ1v) is 13.0. The van der Waals surface area contributed by atoms with Crippen molar-refractivity contribution in [2.24, 2.45) is 23.3 Å². The summed E-state index contributed by atoms with van der Waals surface area (Å²) in [5, 5.41) is 18.3. The van der Waals surface area contributed by atoms with E-state index < -0.39 is 59.7 Å². The van der Waals surface area contributed by atoms with Gasteiger partial charge in [-0.2, -0.15) is 0 Å². The minimum Gasteiger partial charge on any atom is -0.480 e. The number of amides is 4. The molecule has 0 aliphatic heterocycles. The molecule has 12 heteroatoms. The van der Waals surface area contributed by atoms with Gasteiger partial charge in [-0.1, -0.05) is 45.9 Å². The van der Waals surface area contributed by atoms with E-state index in [0.717, 1.165) is 16.5 Å². The first kappa shape index (κ1) is 31.3. The number of fused-ring (bicyclic) bond motifs is 1. The molecule has 1 aromatic carbocycles. The average Bonchev–Trinajstić information content (AvgIpc) is 3.26. The van der Waals surface area contributed by atoms with Crippen molar-refractivity contribution in [1.29, 1.82) is 0 Å². The summed E-state index contributed by atoms with van der Waals surface area (Å²) in [6.45, 7) is 7.08. The summed E-state index contributed by atoms with van der Waals surface area (Å²) in [4.78, 5) is 65.3. The fraction of sp³-hybridized carbons (Fsp3) is 0.519. The number of H-pyrrole nitrogens is 1. The molecule has 0 aliphatic carbocycles. The van der Waals surface area contributed by atoms with Crippen LogP contribution in [-0.2, 0) is 30.4 Å². The van der Waals surface area contributed by atoms with Crippen LogP contribution >= 0.6 is 0 Å². The normalized spacial score (nSPS) is 14.4. The van der Waals surface area contributed by atoms with Crippen LogP contribution in [0.15, 0.2) is 30.5 Å².